The molecule has 2 aromatic heterocycles. The Balaban J connectivity index is 1.81. The minimum Gasteiger partial charge on any atom is -0.328 e. The third-order valence-corrected chi connectivity index (χ3v) is 5.35. The van der Waals surface area contributed by atoms with Gasteiger partial charge in [-0.2, -0.15) is 0 Å². The molecule has 6 heteroatoms. The van der Waals surface area contributed by atoms with Crippen LogP contribution in [0.2, 0.25) is 5.02 Å². The van der Waals surface area contributed by atoms with Crippen molar-refractivity contribution < 1.29 is 4.79 Å². The van der Waals surface area contributed by atoms with E-state index in [1.807, 2.05) is 41.8 Å². The Labute approximate surface area is 153 Å². The first-order valence-electron chi connectivity index (χ1n) is 7.31. The van der Waals surface area contributed by atoms with Crippen molar-refractivity contribution in [1.82, 2.24) is 9.88 Å². The number of benzene rings is 1. The van der Waals surface area contributed by atoms with Crippen molar-refractivity contribution in [2.45, 2.75) is 6.54 Å². The fraction of sp³-hybridized carbons (Fsp3) is 0.111. The quantitative estimate of drug-likeness (QED) is 0.544. The first kappa shape index (κ1) is 16.9. The highest BCUT2D eigenvalue weighted by Crippen LogP contribution is 2.26. The van der Waals surface area contributed by atoms with Crippen LogP contribution >= 0.6 is 34.3 Å². The molecule has 0 aliphatic carbocycles. The minimum atomic E-state index is -0.0900. The van der Waals surface area contributed by atoms with Gasteiger partial charge in [-0.1, -0.05) is 35.9 Å². The van der Waals surface area contributed by atoms with Gasteiger partial charge in [0.05, 0.1) is 6.54 Å². The molecular weight excluding hydrogens is 360 g/mol. The summed E-state index contributed by atoms with van der Waals surface area (Å²) < 4.78 is 0. The van der Waals surface area contributed by atoms with E-state index in [1.54, 1.807) is 27.7 Å². The van der Waals surface area contributed by atoms with E-state index in [-0.39, 0.29) is 5.91 Å². The second-order valence-electron chi connectivity index (χ2n) is 5.10. The summed E-state index contributed by atoms with van der Waals surface area (Å²) in [4.78, 5) is 20.1. The van der Waals surface area contributed by atoms with Crippen molar-refractivity contribution in [2.24, 2.45) is 0 Å². The van der Waals surface area contributed by atoms with Crippen molar-refractivity contribution in [3.05, 3.63) is 75.4 Å². The summed E-state index contributed by atoms with van der Waals surface area (Å²) in [6, 6.07) is 11.5. The minimum absolute atomic E-state index is 0.0900. The van der Waals surface area contributed by atoms with Gasteiger partial charge in [0.1, 0.15) is 10.7 Å². The molecule has 3 rings (SSSR count). The topological polar surface area (TPSA) is 33.2 Å². The molecule has 0 aliphatic heterocycles. The summed E-state index contributed by atoms with van der Waals surface area (Å²) in [6.45, 7) is 4.79. The van der Waals surface area contributed by atoms with Gasteiger partial charge in [-0.05, 0) is 23.6 Å². The summed E-state index contributed by atoms with van der Waals surface area (Å²) in [5.74, 6) is -0.0900. The SMILES string of the molecule is C=CCN(Cc1cccs1)C(=O)c1csc(-c2cccc(Cl)c2)n1. The molecule has 3 nitrogen and oxygen atoms in total. The van der Waals surface area contributed by atoms with E-state index in [0.29, 0.717) is 23.8 Å². The third kappa shape index (κ3) is 3.93. The molecule has 122 valence electrons. The molecule has 0 N–H and O–H groups in total. The molecule has 0 spiro atoms. The van der Waals surface area contributed by atoms with Crippen LogP contribution in [0.15, 0.2) is 59.8 Å². The van der Waals surface area contributed by atoms with E-state index in [4.69, 9.17) is 11.6 Å². The normalized spacial score (nSPS) is 10.5. The van der Waals surface area contributed by atoms with Crippen molar-refractivity contribution >= 4 is 40.2 Å². The van der Waals surface area contributed by atoms with Crippen LogP contribution in [0.1, 0.15) is 15.4 Å². The summed E-state index contributed by atoms with van der Waals surface area (Å²) in [5, 5.41) is 5.24. The number of thiazole rings is 1. The smallest absolute Gasteiger partial charge is 0.273 e. The number of nitrogens with zero attached hydrogens (tertiary/aromatic N) is 2. The number of carbonyl (C=O) groups is 1. The number of halogens is 1. The van der Waals surface area contributed by atoms with Crippen LogP contribution in [-0.4, -0.2) is 22.3 Å². The van der Waals surface area contributed by atoms with E-state index < -0.39 is 0 Å². The molecule has 0 saturated carbocycles. The molecule has 24 heavy (non-hydrogen) atoms. The third-order valence-electron chi connectivity index (χ3n) is 3.36. The summed E-state index contributed by atoms with van der Waals surface area (Å²) in [5.41, 5.74) is 1.37. The van der Waals surface area contributed by atoms with Crippen LogP contribution in [0.3, 0.4) is 0 Å². The molecule has 0 saturated heterocycles. The highest BCUT2D eigenvalue weighted by molar-refractivity contribution is 7.13. The molecule has 0 fully saturated rings. The first-order chi connectivity index (χ1) is 11.7. The molecule has 3 aromatic rings. The predicted molar refractivity (Wildman–Crippen MR) is 102 cm³/mol. The van der Waals surface area contributed by atoms with Crippen LogP contribution in [0.5, 0.6) is 0 Å². The van der Waals surface area contributed by atoms with Crippen molar-refractivity contribution in [1.29, 1.82) is 0 Å². The van der Waals surface area contributed by atoms with Crippen molar-refractivity contribution in [3.8, 4) is 10.6 Å². The van der Waals surface area contributed by atoms with Gasteiger partial charge in [0.2, 0.25) is 0 Å². The van der Waals surface area contributed by atoms with Gasteiger partial charge in [0, 0.05) is 27.4 Å². The maximum atomic E-state index is 12.8. The van der Waals surface area contributed by atoms with Gasteiger partial charge in [-0.3, -0.25) is 4.79 Å². The first-order valence-corrected chi connectivity index (χ1v) is 9.45. The zero-order chi connectivity index (χ0) is 16.9. The molecule has 0 radical (unpaired) electrons. The highest BCUT2D eigenvalue weighted by atomic mass is 35.5. The van der Waals surface area contributed by atoms with Gasteiger partial charge in [0.15, 0.2) is 0 Å². The maximum absolute atomic E-state index is 12.8. The molecule has 1 aromatic carbocycles. The van der Waals surface area contributed by atoms with Gasteiger partial charge in [-0.25, -0.2) is 4.98 Å². The van der Waals surface area contributed by atoms with Gasteiger partial charge >= 0.3 is 0 Å². The lowest BCUT2D eigenvalue weighted by Crippen LogP contribution is -2.30. The fourth-order valence-corrected chi connectivity index (χ4v) is 3.95. The number of aromatic nitrogens is 1. The lowest BCUT2D eigenvalue weighted by atomic mass is 10.2. The number of amides is 1. The van der Waals surface area contributed by atoms with E-state index >= 15 is 0 Å². The monoisotopic (exact) mass is 374 g/mol. The average Bonchev–Trinajstić information content (AvgIpc) is 3.25. The Bertz CT molecular complexity index is 842. The largest absolute Gasteiger partial charge is 0.328 e. The molecule has 2 heterocycles. The number of hydrogen-bond acceptors (Lipinski definition) is 4. The Morgan fingerprint density at radius 2 is 2.17 bits per heavy atom. The number of thiophene rings is 1. The van der Waals surface area contributed by atoms with Crippen LogP contribution in [-0.2, 0) is 6.54 Å². The van der Waals surface area contributed by atoms with E-state index in [2.05, 4.69) is 11.6 Å². The van der Waals surface area contributed by atoms with Crippen molar-refractivity contribution in [2.75, 3.05) is 6.54 Å². The van der Waals surface area contributed by atoms with E-state index in [0.717, 1.165) is 15.4 Å². The lowest BCUT2D eigenvalue weighted by molar-refractivity contribution is 0.0759. The fourth-order valence-electron chi connectivity index (χ4n) is 2.25. The van der Waals surface area contributed by atoms with Crippen LogP contribution < -0.4 is 0 Å². The Morgan fingerprint density at radius 3 is 2.88 bits per heavy atom. The standard InChI is InChI=1S/C18H15ClN2OS2/c1-2-8-21(11-15-7-4-9-23-15)18(22)16-12-24-17(20-16)13-5-3-6-14(19)10-13/h2-7,9-10,12H,1,8,11H2. The van der Waals surface area contributed by atoms with Gasteiger partial charge in [0.25, 0.3) is 5.91 Å². The Hall–Kier alpha value is -1.95. The Morgan fingerprint density at radius 1 is 1.29 bits per heavy atom. The Kier molecular flexibility index (Phi) is 5.45. The van der Waals surface area contributed by atoms with E-state index in [1.165, 1.54) is 11.3 Å². The second kappa shape index (κ2) is 7.75. The van der Waals surface area contributed by atoms with Crippen LogP contribution in [0.4, 0.5) is 0 Å². The molecule has 0 aliphatic rings. The van der Waals surface area contributed by atoms with E-state index in [9.17, 15) is 4.79 Å². The number of rotatable bonds is 6. The number of carbonyl (C=O) groups excluding carboxylic acids is 1. The van der Waals surface area contributed by atoms with Crippen LogP contribution in [0.25, 0.3) is 10.6 Å². The molecular formula is C18H15ClN2OS2. The average molecular weight is 375 g/mol. The number of hydrogen-bond donors (Lipinski definition) is 0. The van der Waals surface area contributed by atoms with Crippen LogP contribution in [0, 0.1) is 0 Å². The summed E-state index contributed by atoms with van der Waals surface area (Å²) in [6.07, 6.45) is 1.73. The molecule has 1 amide bonds. The zero-order valence-corrected chi connectivity index (χ0v) is 15.2. The lowest BCUT2D eigenvalue weighted by Gasteiger charge is -2.19. The molecule has 0 bridgehead atoms. The second-order valence-corrected chi connectivity index (χ2v) is 7.43. The highest BCUT2D eigenvalue weighted by Gasteiger charge is 2.19. The van der Waals surface area contributed by atoms with Gasteiger partial charge in [-0.15, -0.1) is 29.3 Å². The zero-order valence-electron chi connectivity index (χ0n) is 12.8. The molecule has 0 unspecified atom stereocenters. The maximum Gasteiger partial charge on any atom is 0.273 e. The summed E-state index contributed by atoms with van der Waals surface area (Å²) >= 11 is 9.10. The predicted octanol–water partition coefficient (Wildman–Crippen LogP) is 5.35. The molecule has 0 atom stereocenters. The summed E-state index contributed by atoms with van der Waals surface area (Å²) in [7, 11) is 0. The van der Waals surface area contributed by atoms with Crippen molar-refractivity contribution in [3.63, 3.8) is 0 Å². The van der Waals surface area contributed by atoms with Gasteiger partial charge < -0.3 is 4.90 Å².